The molecule has 1 heteroatoms. The molecule has 0 aromatic heterocycles. The van der Waals surface area contributed by atoms with Crippen molar-refractivity contribution in [2.75, 3.05) is 6.61 Å². The maximum Gasteiger partial charge on any atom is 0.0667 e. The molecular formula is C18H30O. The summed E-state index contributed by atoms with van der Waals surface area (Å²) >= 11 is 0. The predicted molar refractivity (Wildman–Crippen MR) is 78.0 cm³/mol. The topological polar surface area (TPSA) is 9.23 Å². The van der Waals surface area contributed by atoms with Crippen molar-refractivity contribution in [3.63, 3.8) is 0 Å². The van der Waals surface area contributed by atoms with Gasteiger partial charge in [-0.1, -0.05) is 32.1 Å². The summed E-state index contributed by atoms with van der Waals surface area (Å²) in [6.07, 6.45) is 17.2. The van der Waals surface area contributed by atoms with Gasteiger partial charge < -0.3 is 4.74 Å². The molecule has 0 aromatic carbocycles. The molecular weight excluding hydrogens is 232 g/mol. The fourth-order valence-electron chi connectivity index (χ4n) is 6.82. The maximum atomic E-state index is 6.40. The zero-order chi connectivity index (χ0) is 12.9. The monoisotopic (exact) mass is 262 g/mol. The van der Waals surface area contributed by atoms with Crippen LogP contribution >= 0.6 is 0 Å². The Balaban J connectivity index is 1.64. The molecule has 1 nitrogen and oxygen atoms in total. The van der Waals surface area contributed by atoms with E-state index in [9.17, 15) is 0 Å². The summed E-state index contributed by atoms with van der Waals surface area (Å²) in [5, 5.41) is 0. The van der Waals surface area contributed by atoms with E-state index in [1.54, 1.807) is 6.42 Å². The number of ether oxygens (including phenoxy) is 1. The SMILES string of the molecule is CCOC1C2CC(CC23CCCCC3)C12CCCC2. The molecule has 4 saturated carbocycles. The summed E-state index contributed by atoms with van der Waals surface area (Å²) in [6, 6.07) is 0. The highest BCUT2D eigenvalue weighted by atomic mass is 16.5. The highest BCUT2D eigenvalue weighted by molar-refractivity contribution is 5.16. The Labute approximate surface area is 118 Å². The Morgan fingerprint density at radius 1 is 0.947 bits per heavy atom. The van der Waals surface area contributed by atoms with Crippen LogP contribution in [0.4, 0.5) is 0 Å². The Hall–Kier alpha value is -0.0400. The van der Waals surface area contributed by atoms with Gasteiger partial charge in [0.25, 0.3) is 0 Å². The molecule has 2 bridgehead atoms. The second-order valence-electron chi connectivity index (χ2n) is 7.98. The van der Waals surface area contributed by atoms with Crippen molar-refractivity contribution in [1.29, 1.82) is 0 Å². The third-order valence-corrected chi connectivity index (χ3v) is 7.45. The summed E-state index contributed by atoms with van der Waals surface area (Å²) in [6.45, 7) is 3.15. The van der Waals surface area contributed by atoms with Gasteiger partial charge >= 0.3 is 0 Å². The van der Waals surface area contributed by atoms with Crippen LogP contribution in [0.25, 0.3) is 0 Å². The molecule has 4 rings (SSSR count). The largest absolute Gasteiger partial charge is 0.378 e. The second kappa shape index (κ2) is 4.48. The normalized spacial score (nSPS) is 42.5. The van der Waals surface area contributed by atoms with E-state index in [0.29, 0.717) is 11.5 Å². The summed E-state index contributed by atoms with van der Waals surface area (Å²) in [5.41, 5.74) is 1.35. The van der Waals surface area contributed by atoms with Crippen LogP contribution in [-0.4, -0.2) is 12.7 Å². The lowest BCUT2D eigenvalue weighted by Gasteiger charge is -2.51. The van der Waals surface area contributed by atoms with Crippen molar-refractivity contribution >= 4 is 0 Å². The van der Waals surface area contributed by atoms with Crippen LogP contribution in [0, 0.1) is 22.7 Å². The summed E-state index contributed by atoms with van der Waals surface area (Å²) in [4.78, 5) is 0. The third-order valence-electron chi connectivity index (χ3n) is 7.45. The lowest BCUT2D eigenvalue weighted by Crippen LogP contribution is -2.48. The van der Waals surface area contributed by atoms with Gasteiger partial charge in [-0.2, -0.15) is 0 Å². The summed E-state index contributed by atoms with van der Waals surface area (Å²) in [5.74, 6) is 1.95. The van der Waals surface area contributed by atoms with Crippen LogP contribution in [0.5, 0.6) is 0 Å². The van der Waals surface area contributed by atoms with Gasteiger partial charge in [-0.05, 0) is 68.1 Å². The van der Waals surface area contributed by atoms with E-state index < -0.39 is 0 Å². The van der Waals surface area contributed by atoms with Gasteiger partial charge in [0.15, 0.2) is 0 Å². The molecule has 0 aromatic rings. The number of rotatable bonds is 2. The van der Waals surface area contributed by atoms with E-state index in [0.717, 1.165) is 23.9 Å². The molecule has 0 amide bonds. The highest BCUT2D eigenvalue weighted by Gasteiger charge is 2.66. The summed E-state index contributed by atoms with van der Waals surface area (Å²) in [7, 11) is 0. The first-order valence-electron chi connectivity index (χ1n) is 8.92. The van der Waals surface area contributed by atoms with Gasteiger partial charge in [-0.15, -0.1) is 0 Å². The highest BCUT2D eigenvalue weighted by Crippen LogP contribution is 2.71. The van der Waals surface area contributed by atoms with Crippen molar-refractivity contribution in [2.45, 2.75) is 83.7 Å². The van der Waals surface area contributed by atoms with E-state index >= 15 is 0 Å². The minimum Gasteiger partial charge on any atom is -0.378 e. The Morgan fingerprint density at radius 2 is 1.63 bits per heavy atom. The molecule has 19 heavy (non-hydrogen) atoms. The maximum absolute atomic E-state index is 6.40. The van der Waals surface area contributed by atoms with E-state index in [-0.39, 0.29) is 0 Å². The average Bonchev–Trinajstić information content (AvgIpc) is 3.10. The zero-order valence-corrected chi connectivity index (χ0v) is 12.6. The van der Waals surface area contributed by atoms with Crippen LogP contribution in [0.1, 0.15) is 77.6 Å². The Kier molecular flexibility index (Phi) is 2.99. The quantitative estimate of drug-likeness (QED) is 0.684. The molecule has 4 fully saturated rings. The molecule has 0 aliphatic heterocycles. The first-order chi connectivity index (χ1) is 9.31. The van der Waals surface area contributed by atoms with E-state index in [1.807, 2.05) is 0 Å². The van der Waals surface area contributed by atoms with Crippen LogP contribution in [0.2, 0.25) is 0 Å². The molecule has 0 N–H and O–H groups in total. The fraction of sp³-hybridized carbons (Fsp3) is 1.00. The van der Waals surface area contributed by atoms with Crippen molar-refractivity contribution < 1.29 is 4.74 Å². The number of hydrogen-bond donors (Lipinski definition) is 0. The molecule has 108 valence electrons. The van der Waals surface area contributed by atoms with Crippen LogP contribution in [0.3, 0.4) is 0 Å². The van der Waals surface area contributed by atoms with Gasteiger partial charge in [0.1, 0.15) is 0 Å². The van der Waals surface area contributed by atoms with Gasteiger partial charge in [-0.25, -0.2) is 0 Å². The van der Waals surface area contributed by atoms with Crippen molar-refractivity contribution in [1.82, 2.24) is 0 Å². The third kappa shape index (κ3) is 1.63. The average molecular weight is 262 g/mol. The second-order valence-corrected chi connectivity index (χ2v) is 7.98. The predicted octanol–water partition coefficient (Wildman–Crippen LogP) is 4.94. The number of fused-ring (bicyclic) bond motifs is 4. The molecule has 3 atom stereocenters. The Bertz CT molecular complexity index is 336. The Morgan fingerprint density at radius 3 is 2.32 bits per heavy atom. The van der Waals surface area contributed by atoms with Crippen LogP contribution in [0.15, 0.2) is 0 Å². The van der Waals surface area contributed by atoms with Gasteiger partial charge in [0.05, 0.1) is 6.10 Å². The molecule has 0 saturated heterocycles. The lowest BCUT2D eigenvalue weighted by molar-refractivity contribution is -0.117. The molecule has 2 spiro atoms. The molecule has 4 aliphatic rings. The van der Waals surface area contributed by atoms with Crippen molar-refractivity contribution in [2.24, 2.45) is 22.7 Å². The zero-order valence-electron chi connectivity index (χ0n) is 12.6. The van der Waals surface area contributed by atoms with Gasteiger partial charge in [-0.3, -0.25) is 0 Å². The first kappa shape index (κ1) is 12.7. The van der Waals surface area contributed by atoms with Crippen molar-refractivity contribution in [3.8, 4) is 0 Å². The van der Waals surface area contributed by atoms with E-state index in [4.69, 9.17) is 4.74 Å². The minimum absolute atomic E-state index is 0.628. The van der Waals surface area contributed by atoms with E-state index in [1.165, 1.54) is 64.2 Å². The first-order valence-corrected chi connectivity index (χ1v) is 8.92. The molecule has 3 unspecified atom stereocenters. The van der Waals surface area contributed by atoms with E-state index in [2.05, 4.69) is 6.92 Å². The fourth-order valence-corrected chi connectivity index (χ4v) is 6.82. The van der Waals surface area contributed by atoms with Crippen LogP contribution < -0.4 is 0 Å². The summed E-state index contributed by atoms with van der Waals surface area (Å²) < 4.78 is 6.40. The smallest absolute Gasteiger partial charge is 0.0667 e. The lowest BCUT2D eigenvalue weighted by atomic mass is 9.57. The van der Waals surface area contributed by atoms with Gasteiger partial charge in [0.2, 0.25) is 0 Å². The minimum atomic E-state index is 0.628. The molecule has 4 aliphatic carbocycles. The van der Waals surface area contributed by atoms with Gasteiger partial charge in [0, 0.05) is 6.61 Å². The number of hydrogen-bond acceptors (Lipinski definition) is 1. The van der Waals surface area contributed by atoms with Crippen molar-refractivity contribution in [3.05, 3.63) is 0 Å². The standard InChI is InChI=1S/C18H30O/c1-2-19-16-15-12-14(18(16)10-6-7-11-18)13-17(15)8-4-3-5-9-17/h14-16H,2-13H2,1H3. The van der Waals surface area contributed by atoms with Crippen LogP contribution in [-0.2, 0) is 4.74 Å². The molecule has 0 heterocycles. The molecule has 0 radical (unpaired) electrons.